The number of thiophene rings is 1. The van der Waals surface area contributed by atoms with Crippen molar-refractivity contribution in [3.05, 3.63) is 57.2 Å². The third-order valence-corrected chi connectivity index (χ3v) is 5.77. The molecule has 0 bridgehead atoms. The molecule has 1 aliphatic heterocycles. The van der Waals surface area contributed by atoms with Gasteiger partial charge in [0, 0.05) is 27.9 Å². The molecule has 1 fully saturated rings. The Balaban J connectivity index is 1.56. The van der Waals surface area contributed by atoms with Gasteiger partial charge in [-0.3, -0.25) is 23.9 Å². The largest absolute Gasteiger partial charge is 0.360 e. The minimum absolute atomic E-state index is 0.00574. The Kier molecular flexibility index (Phi) is 4.86. The summed E-state index contributed by atoms with van der Waals surface area (Å²) >= 11 is 1.37. The van der Waals surface area contributed by atoms with Crippen LogP contribution in [0.2, 0.25) is 0 Å². The molecule has 0 spiro atoms. The van der Waals surface area contributed by atoms with E-state index in [0.29, 0.717) is 27.7 Å². The average Bonchev–Trinajstić information content (AvgIpc) is 3.46. The van der Waals surface area contributed by atoms with Crippen molar-refractivity contribution in [1.82, 2.24) is 19.5 Å². The third-order valence-electron chi connectivity index (χ3n) is 4.91. The van der Waals surface area contributed by atoms with Crippen molar-refractivity contribution in [3.8, 4) is 5.82 Å². The van der Waals surface area contributed by atoms with E-state index in [4.69, 9.17) is 4.52 Å². The lowest BCUT2D eigenvalue weighted by atomic mass is 10.1. The summed E-state index contributed by atoms with van der Waals surface area (Å²) in [6.07, 6.45) is 0. The van der Waals surface area contributed by atoms with Crippen LogP contribution in [0.5, 0.6) is 0 Å². The lowest BCUT2D eigenvalue weighted by molar-refractivity contribution is -0.143. The van der Waals surface area contributed by atoms with Crippen molar-refractivity contribution in [1.29, 1.82) is 0 Å². The maximum atomic E-state index is 12.9. The number of carbonyl (C=O) groups excluding carboxylic acids is 4. The molecule has 1 saturated heterocycles. The van der Waals surface area contributed by atoms with Crippen LogP contribution in [-0.2, 0) is 16.1 Å². The van der Waals surface area contributed by atoms with Gasteiger partial charge in [0.15, 0.2) is 11.6 Å². The number of rotatable bonds is 6. The molecule has 4 heterocycles. The lowest BCUT2D eigenvalue weighted by Gasteiger charge is -2.14. The zero-order chi connectivity index (χ0) is 21.6. The number of aromatic nitrogens is 2. The predicted molar refractivity (Wildman–Crippen MR) is 106 cm³/mol. The molecule has 0 unspecified atom stereocenters. The molecule has 4 amide bonds. The van der Waals surface area contributed by atoms with E-state index in [1.807, 2.05) is 12.3 Å². The molecule has 0 saturated carbocycles. The fraction of sp³-hybridized carbons (Fsp3) is 0.250. The second kappa shape index (κ2) is 7.38. The second-order valence-corrected chi connectivity index (χ2v) is 8.02. The number of Topliss-reactive ketones (excluding diaryl/α,β-unsaturated/α-hetero) is 1. The lowest BCUT2D eigenvalue weighted by Crippen LogP contribution is -2.36. The van der Waals surface area contributed by atoms with E-state index < -0.39 is 30.2 Å². The highest BCUT2D eigenvalue weighted by atomic mass is 32.1. The third kappa shape index (κ3) is 3.24. The Morgan fingerprint density at radius 3 is 2.47 bits per heavy atom. The molecule has 10 heteroatoms. The molecule has 154 valence electrons. The molecule has 0 atom stereocenters. The first-order valence-corrected chi connectivity index (χ1v) is 10.0. The van der Waals surface area contributed by atoms with Gasteiger partial charge in [-0.25, -0.2) is 9.69 Å². The van der Waals surface area contributed by atoms with Crippen molar-refractivity contribution in [2.45, 2.75) is 27.3 Å². The van der Waals surface area contributed by atoms with Crippen LogP contribution in [-0.4, -0.2) is 49.7 Å². The highest BCUT2D eigenvalue weighted by Gasteiger charge is 2.45. The number of aryl methyl sites for hydroxylation is 2. The summed E-state index contributed by atoms with van der Waals surface area (Å²) in [6.45, 7) is 4.82. The molecule has 3 aromatic rings. The summed E-state index contributed by atoms with van der Waals surface area (Å²) in [6, 6.07) is 6.18. The van der Waals surface area contributed by atoms with E-state index in [9.17, 15) is 19.2 Å². The SMILES string of the molecule is Cc1cc(-n2c(C)cc(C(=O)CN3C(=O)C(=O)N(Cc4cccs4)C3=O)c2C)no1. The van der Waals surface area contributed by atoms with Gasteiger partial charge in [0.2, 0.25) is 0 Å². The molecule has 1 aliphatic rings. The highest BCUT2D eigenvalue weighted by Crippen LogP contribution is 2.23. The van der Waals surface area contributed by atoms with Crippen molar-refractivity contribution in [2.24, 2.45) is 0 Å². The van der Waals surface area contributed by atoms with Crippen LogP contribution in [0.25, 0.3) is 5.82 Å². The van der Waals surface area contributed by atoms with Crippen molar-refractivity contribution in [2.75, 3.05) is 6.54 Å². The fourth-order valence-electron chi connectivity index (χ4n) is 3.47. The first-order chi connectivity index (χ1) is 14.3. The van der Waals surface area contributed by atoms with Crippen LogP contribution in [0.4, 0.5) is 4.79 Å². The van der Waals surface area contributed by atoms with E-state index in [1.165, 1.54) is 11.3 Å². The molecule has 9 nitrogen and oxygen atoms in total. The number of ketones is 1. The van der Waals surface area contributed by atoms with E-state index in [2.05, 4.69) is 5.16 Å². The quantitative estimate of drug-likeness (QED) is 0.341. The topological polar surface area (TPSA) is 106 Å². The summed E-state index contributed by atoms with van der Waals surface area (Å²) in [5.41, 5.74) is 1.70. The van der Waals surface area contributed by atoms with E-state index >= 15 is 0 Å². The first kappa shape index (κ1) is 19.8. The minimum Gasteiger partial charge on any atom is -0.360 e. The standard InChI is InChI=1S/C20H18N4O5S/c1-11-7-15(13(3)24(11)17-8-12(2)29-21-17)16(25)10-23-19(27)18(26)22(20(23)28)9-14-5-4-6-30-14/h4-8H,9-10H2,1-3H3. The monoisotopic (exact) mass is 426 g/mol. The Bertz CT molecular complexity index is 1170. The Labute approximate surface area is 175 Å². The van der Waals surface area contributed by atoms with Crippen molar-refractivity contribution in [3.63, 3.8) is 0 Å². The number of urea groups is 1. The Morgan fingerprint density at radius 2 is 1.83 bits per heavy atom. The number of imide groups is 2. The molecule has 0 N–H and O–H groups in total. The fourth-order valence-corrected chi connectivity index (χ4v) is 4.17. The number of carbonyl (C=O) groups is 4. The van der Waals surface area contributed by atoms with Crippen LogP contribution >= 0.6 is 11.3 Å². The van der Waals surface area contributed by atoms with Gasteiger partial charge in [-0.15, -0.1) is 11.3 Å². The van der Waals surface area contributed by atoms with Gasteiger partial charge in [-0.2, -0.15) is 0 Å². The summed E-state index contributed by atoms with van der Waals surface area (Å²) in [5.74, 6) is -1.20. The minimum atomic E-state index is -0.995. The maximum Gasteiger partial charge on any atom is 0.335 e. The van der Waals surface area contributed by atoms with Crippen molar-refractivity contribution < 1.29 is 23.7 Å². The van der Waals surface area contributed by atoms with Crippen LogP contribution in [0, 0.1) is 20.8 Å². The van der Waals surface area contributed by atoms with Crippen LogP contribution in [0.15, 0.2) is 34.2 Å². The summed E-state index contributed by atoms with van der Waals surface area (Å²) in [7, 11) is 0. The number of amides is 4. The summed E-state index contributed by atoms with van der Waals surface area (Å²) in [4.78, 5) is 52.5. The average molecular weight is 426 g/mol. The van der Waals surface area contributed by atoms with Gasteiger partial charge in [0.05, 0.1) is 13.1 Å². The normalized spacial score (nSPS) is 14.3. The maximum absolute atomic E-state index is 12.9. The molecule has 4 rings (SSSR count). The number of nitrogens with zero attached hydrogens (tertiary/aromatic N) is 4. The molecular formula is C20H18N4O5S. The number of hydrogen-bond donors (Lipinski definition) is 0. The molecule has 0 aliphatic carbocycles. The highest BCUT2D eigenvalue weighted by molar-refractivity contribution is 7.09. The predicted octanol–water partition coefficient (Wildman–Crippen LogP) is 2.63. The second-order valence-electron chi connectivity index (χ2n) is 6.98. The zero-order valence-electron chi connectivity index (χ0n) is 16.5. The molecule has 0 aromatic carbocycles. The van der Waals surface area contributed by atoms with Crippen LogP contribution in [0.1, 0.15) is 32.4 Å². The smallest absolute Gasteiger partial charge is 0.335 e. The van der Waals surface area contributed by atoms with Gasteiger partial charge in [-0.05, 0) is 38.3 Å². The molecule has 0 radical (unpaired) electrons. The van der Waals surface area contributed by atoms with E-state index in [1.54, 1.807) is 42.7 Å². The molecule has 3 aromatic heterocycles. The molecule has 30 heavy (non-hydrogen) atoms. The summed E-state index contributed by atoms with van der Waals surface area (Å²) < 4.78 is 6.86. The molecular weight excluding hydrogens is 408 g/mol. The van der Waals surface area contributed by atoms with Gasteiger partial charge < -0.3 is 4.52 Å². The Hall–Kier alpha value is -3.53. The van der Waals surface area contributed by atoms with Crippen molar-refractivity contribution >= 4 is 35.0 Å². The summed E-state index contributed by atoms with van der Waals surface area (Å²) in [5, 5.41) is 5.79. The number of hydrogen-bond acceptors (Lipinski definition) is 7. The first-order valence-electron chi connectivity index (χ1n) is 9.13. The van der Waals surface area contributed by atoms with Gasteiger partial charge in [0.1, 0.15) is 5.76 Å². The van der Waals surface area contributed by atoms with Crippen LogP contribution in [0.3, 0.4) is 0 Å². The Morgan fingerprint density at radius 1 is 1.10 bits per heavy atom. The van der Waals surface area contributed by atoms with Gasteiger partial charge in [0.25, 0.3) is 0 Å². The van der Waals surface area contributed by atoms with E-state index in [-0.39, 0.29) is 6.54 Å². The van der Waals surface area contributed by atoms with E-state index in [0.717, 1.165) is 15.5 Å². The van der Waals surface area contributed by atoms with Gasteiger partial charge in [-0.1, -0.05) is 11.2 Å². The van der Waals surface area contributed by atoms with Gasteiger partial charge >= 0.3 is 17.8 Å². The zero-order valence-corrected chi connectivity index (χ0v) is 17.4. The van der Waals surface area contributed by atoms with Crippen LogP contribution < -0.4 is 0 Å².